The first-order chi connectivity index (χ1) is 11.5. The Hall–Kier alpha value is -2.41. The van der Waals surface area contributed by atoms with E-state index < -0.39 is 5.82 Å². The molecular formula is C17H21FN4O2. The number of nitrogens with one attached hydrogen (secondary N) is 2. The summed E-state index contributed by atoms with van der Waals surface area (Å²) in [6, 6.07) is 4.14. The fourth-order valence-electron chi connectivity index (χ4n) is 3.11. The lowest BCUT2D eigenvalue weighted by atomic mass is 10.2. The summed E-state index contributed by atoms with van der Waals surface area (Å²) < 4.78 is 13.9. The summed E-state index contributed by atoms with van der Waals surface area (Å²) in [6.07, 6.45) is 5.18. The first-order valence-electron chi connectivity index (χ1n) is 8.05. The summed E-state index contributed by atoms with van der Waals surface area (Å²) in [5, 5.41) is 5.18. The van der Waals surface area contributed by atoms with Crippen LogP contribution in [0.5, 0.6) is 0 Å². The Kier molecular flexibility index (Phi) is 4.80. The summed E-state index contributed by atoms with van der Waals surface area (Å²) in [6.45, 7) is 4.51. The predicted molar refractivity (Wildman–Crippen MR) is 90.4 cm³/mol. The van der Waals surface area contributed by atoms with Gasteiger partial charge in [0.05, 0.1) is 5.69 Å². The van der Waals surface area contributed by atoms with Gasteiger partial charge in [-0.1, -0.05) is 12.2 Å². The molecule has 24 heavy (non-hydrogen) atoms. The third-order valence-corrected chi connectivity index (χ3v) is 4.34. The van der Waals surface area contributed by atoms with Crippen molar-refractivity contribution in [2.75, 3.05) is 36.8 Å². The Morgan fingerprint density at radius 1 is 1.21 bits per heavy atom. The highest BCUT2D eigenvalue weighted by molar-refractivity contribution is 5.92. The molecule has 1 atom stereocenters. The van der Waals surface area contributed by atoms with Crippen LogP contribution in [0.4, 0.5) is 20.6 Å². The number of halogens is 1. The SMILES string of the molecule is CC(=O)Nc1ccc(F)c(NC(=O)N2CC[C@H](N3CC=CC3)C2)c1. The Bertz CT molecular complexity index is 669. The van der Waals surface area contributed by atoms with Crippen molar-refractivity contribution in [3.05, 3.63) is 36.2 Å². The van der Waals surface area contributed by atoms with Crippen LogP contribution in [0.3, 0.4) is 0 Å². The molecule has 0 saturated carbocycles. The van der Waals surface area contributed by atoms with Crippen molar-refractivity contribution >= 4 is 23.3 Å². The number of benzene rings is 1. The van der Waals surface area contributed by atoms with Gasteiger partial charge in [-0.25, -0.2) is 9.18 Å². The molecule has 2 aliphatic heterocycles. The zero-order valence-electron chi connectivity index (χ0n) is 13.6. The minimum absolute atomic E-state index is 0.0672. The minimum Gasteiger partial charge on any atom is -0.326 e. The average Bonchev–Trinajstić information content (AvgIpc) is 3.20. The van der Waals surface area contributed by atoms with Gasteiger partial charge in [0.2, 0.25) is 5.91 Å². The third kappa shape index (κ3) is 3.73. The molecule has 0 aromatic heterocycles. The maximum atomic E-state index is 13.9. The summed E-state index contributed by atoms with van der Waals surface area (Å²) >= 11 is 0. The van der Waals surface area contributed by atoms with E-state index in [4.69, 9.17) is 0 Å². The standard InChI is InChI=1S/C17H21FN4O2/c1-12(23)19-13-4-5-15(18)16(10-13)20-17(24)22-9-6-14(11-22)21-7-2-3-8-21/h2-5,10,14H,6-9,11H2,1H3,(H,19,23)(H,20,24)/t14-/m0/s1. The van der Waals surface area contributed by atoms with Crippen LogP contribution in [-0.2, 0) is 4.79 Å². The predicted octanol–water partition coefficient (Wildman–Crippen LogP) is 2.26. The molecule has 1 saturated heterocycles. The molecule has 0 radical (unpaired) electrons. The molecule has 7 heteroatoms. The van der Waals surface area contributed by atoms with Crippen LogP contribution in [0.15, 0.2) is 30.4 Å². The molecule has 0 bridgehead atoms. The zero-order chi connectivity index (χ0) is 17.1. The zero-order valence-corrected chi connectivity index (χ0v) is 13.6. The van der Waals surface area contributed by atoms with E-state index in [1.54, 1.807) is 4.90 Å². The van der Waals surface area contributed by atoms with Gasteiger partial charge < -0.3 is 15.5 Å². The molecule has 0 unspecified atom stereocenters. The van der Waals surface area contributed by atoms with Gasteiger partial charge >= 0.3 is 6.03 Å². The molecule has 0 spiro atoms. The Balaban J connectivity index is 1.61. The van der Waals surface area contributed by atoms with Crippen LogP contribution < -0.4 is 10.6 Å². The van der Waals surface area contributed by atoms with E-state index in [9.17, 15) is 14.0 Å². The Morgan fingerprint density at radius 3 is 2.67 bits per heavy atom. The van der Waals surface area contributed by atoms with Gasteiger partial charge in [-0.3, -0.25) is 9.69 Å². The lowest BCUT2D eigenvalue weighted by molar-refractivity contribution is -0.114. The maximum Gasteiger partial charge on any atom is 0.321 e. The summed E-state index contributed by atoms with van der Waals surface area (Å²) in [7, 11) is 0. The fourth-order valence-corrected chi connectivity index (χ4v) is 3.11. The van der Waals surface area contributed by atoms with E-state index >= 15 is 0 Å². The smallest absolute Gasteiger partial charge is 0.321 e. The average molecular weight is 332 g/mol. The molecule has 1 fully saturated rings. The monoisotopic (exact) mass is 332 g/mol. The van der Waals surface area contributed by atoms with Crippen LogP contribution in [0.2, 0.25) is 0 Å². The number of anilines is 2. The molecule has 1 aromatic carbocycles. The van der Waals surface area contributed by atoms with Gasteiger partial charge in [0.1, 0.15) is 5.82 Å². The first kappa shape index (κ1) is 16.4. The quantitative estimate of drug-likeness (QED) is 0.835. The van der Waals surface area contributed by atoms with Gasteiger partial charge in [-0.15, -0.1) is 0 Å². The maximum absolute atomic E-state index is 13.9. The van der Waals surface area contributed by atoms with Crippen LogP contribution >= 0.6 is 0 Å². The van der Waals surface area contributed by atoms with E-state index in [-0.39, 0.29) is 17.6 Å². The molecule has 3 rings (SSSR count). The number of nitrogens with zero attached hydrogens (tertiary/aromatic N) is 2. The van der Waals surface area contributed by atoms with Crippen LogP contribution in [0.25, 0.3) is 0 Å². The summed E-state index contributed by atoms with van der Waals surface area (Å²) in [5.74, 6) is -0.780. The number of urea groups is 1. The van der Waals surface area contributed by atoms with E-state index in [0.29, 0.717) is 24.8 Å². The number of hydrogen-bond donors (Lipinski definition) is 2. The molecule has 1 aromatic rings. The van der Waals surface area contributed by atoms with E-state index in [2.05, 4.69) is 27.7 Å². The number of hydrogen-bond acceptors (Lipinski definition) is 3. The molecule has 128 valence electrons. The van der Waals surface area contributed by atoms with Crippen LogP contribution in [0, 0.1) is 5.82 Å². The fraction of sp³-hybridized carbons (Fsp3) is 0.412. The van der Waals surface area contributed by atoms with Crippen molar-refractivity contribution in [2.24, 2.45) is 0 Å². The number of carbonyl (C=O) groups excluding carboxylic acids is 2. The largest absolute Gasteiger partial charge is 0.326 e. The highest BCUT2D eigenvalue weighted by Crippen LogP contribution is 2.22. The van der Waals surface area contributed by atoms with Crippen molar-refractivity contribution in [1.29, 1.82) is 0 Å². The lowest BCUT2D eigenvalue weighted by Crippen LogP contribution is -2.39. The highest BCUT2D eigenvalue weighted by atomic mass is 19.1. The van der Waals surface area contributed by atoms with Crippen molar-refractivity contribution in [3.8, 4) is 0 Å². The van der Waals surface area contributed by atoms with Crippen molar-refractivity contribution in [2.45, 2.75) is 19.4 Å². The Morgan fingerprint density at radius 2 is 1.96 bits per heavy atom. The lowest BCUT2D eigenvalue weighted by Gasteiger charge is -2.23. The van der Waals surface area contributed by atoms with Gasteiger partial charge in [0.25, 0.3) is 0 Å². The molecule has 2 heterocycles. The van der Waals surface area contributed by atoms with Gasteiger partial charge in [-0.2, -0.15) is 0 Å². The third-order valence-electron chi connectivity index (χ3n) is 4.34. The number of carbonyl (C=O) groups is 2. The Labute approximate surface area is 140 Å². The van der Waals surface area contributed by atoms with Crippen LogP contribution in [-0.4, -0.2) is 54.0 Å². The van der Waals surface area contributed by atoms with Gasteiger partial charge in [-0.05, 0) is 24.6 Å². The highest BCUT2D eigenvalue weighted by Gasteiger charge is 2.30. The second-order valence-electron chi connectivity index (χ2n) is 6.12. The summed E-state index contributed by atoms with van der Waals surface area (Å²) in [5.41, 5.74) is 0.513. The summed E-state index contributed by atoms with van der Waals surface area (Å²) in [4.78, 5) is 27.5. The second kappa shape index (κ2) is 7.00. The van der Waals surface area contributed by atoms with Gasteiger partial charge in [0.15, 0.2) is 0 Å². The first-order valence-corrected chi connectivity index (χ1v) is 8.05. The topological polar surface area (TPSA) is 64.7 Å². The van der Waals surface area contributed by atoms with E-state index in [1.165, 1.54) is 25.1 Å². The van der Waals surface area contributed by atoms with Crippen LogP contribution in [0.1, 0.15) is 13.3 Å². The van der Waals surface area contributed by atoms with E-state index in [1.807, 2.05) is 0 Å². The molecule has 2 N–H and O–H groups in total. The number of likely N-dealkylation sites (tertiary alicyclic amines) is 1. The van der Waals surface area contributed by atoms with E-state index in [0.717, 1.165) is 19.5 Å². The molecule has 0 aliphatic carbocycles. The van der Waals surface area contributed by atoms with Crippen molar-refractivity contribution in [1.82, 2.24) is 9.80 Å². The van der Waals surface area contributed by atoms with Crippen molar-refractivity contribution < 1.29 is 14.0 Å². The molecule has 2 aliphatic rings. The molecular weight excluding hydrogens is 311 g/mol. The normalized spacial score (nSPS) is 20.4. The minimum atomic E-state index is -0.531. The molecule has 6 nitrogen and oxygen atoms in total. The number of rotatable bonds is 3. The number of amides is 3. The van der Waals surface area contributed by atoms with Gasteiger partial charge in [0, 0.05) is 44.8 Å². The van der Waals surface area contributed by atoms with Crippen molar-refractivity contribution in [3.63, 3.8) is 0 Å². The molecule has 3 amide bonds. The second-order valence-corrected chi connectivity index (χ2v) is 6.12.